The van der Waals surface area contributed by atoms with Gasteiger partial charge in [-0.2, -0.15) is 4.57 Å². The van der Waals surface area contributed by atoms with Gasteiger partial charge < -0.3 is 18.9 Å². The Labute approximate surface area is 202 Å². The van der Waals surface area contributed by atoms with E-state index < -0.39 is 4.92 Å². The van der Waals surface area contributed by atoms with E-state index in [2.05, 4.69) is 22.9 Å². The van der Waals surface area contributed by atoms with Crippen LogP contribution in [0.15, 0.2) is 60.8 Å². The largest absolute Gasteiger partial charge is 0.493 e. The number of ether oxygens (including phenoxy) is 4. The fraction of sp³-hybridized carbons (Fsp3) is 0.222. The van der Waals surface area contributed by atoms with E-state index in [-0.39, 0.29) is 12.3 Å². The summed E-state index contributed by atoms with van der Waals surface area (Å²) in [5.41, 5.74) is 4.29. The van der Waals surface area contributed by atoms with Crippen LogP contribution in [0.3, 0.4) is 0 Å². The molecule has 0 aliphatic carbocycles. The summed E-state index contributed by atoms with van der Waals surface area (Å²) in [6.07, 6.45) is 2.96. The smallest absolute Gasteiger partial charge is 0.269 e. The Morgan fingerprint density at radius 1 is 0.914 bits per heavy atom. The number of pyridine rings is 1. The van der Waals surface area contributed by atoms with E-state index in [0.29, 0.717) is 17.2 Å². The van der Waals surface area contributed by atoms with Crippen molar-refractivity contribution in [1.29, 1.82) is 0 Å². The number of benzene rings is 3. The van der Waals surface area contributed by atoms with Gasteiger partial charge >= 0.3 is 0 Å². The van der Waals surface area contributed by atoms with Crippen molar-refractivity contribution < 1.29 is 28.4 Å². The minimum Gasteiger partial charge on any atom is -0.493 e. The second-order valence-corrected chi connectivity index (χ2v) is 8.28. The molecule has 178 valence electrons. The first-order chi connectivity index (χ1) is 17.0. The maximum Gasteiger partial charge on any atom is 0.269 e. The van der Waals surface area contributed by atoms with E-state index in [4.69, 9.17) is 18.9 Å². The van der Waals surface area contributed by atoms with Crippen LogP contribution in [0.25, 0.3) is 22.0 Å². The topological polar surface area (TPSA) is 83.9 Å². The van der Waals surface area contributed by atoms with Gasteiger partial charge in [-0.15, -0.1) is 0 Å². The lowest BCUT2D eigenvalue weighted by atomic mass is 9.95. The molecular weight excluding hydrogens is 448 g/mol. The lowest BCUT2D eigenvalue weighted by Crippen LogP contribution is -2.40. The highest BCUT2D eigenvalue weighted by Crippen LogP contribution is 2.40. The molecule has 5 rings (SSSR count). The number of rotatable bonds is 7. The summed E-state index contributed by atoms with van der Waals surface area (Å²) >= 11 is 0. The summed E-state index contributed by atoms with van der Waals surface area (Å²) in [5.74, 6) is 2.69. The van der Waals surface area contributed by atoms with Crippen molar-refractivity contribution in [3.05, 3.63) is 82.0 Å². The molecule has 1 aromatic heterocycles. The Morgan fingerprint density at radius 2 is 1.63 bits per heavy atom. The number of nitro benzene ring substituents is 1. The molecule has 0 fully saturated rings. The van der Waals surface area contributed by atoms with E-state index in [1.54, 1.807) is 33.5 Å². The Kier molecular flexibility index (Phi) is 5.86. The van der Waals surface area contributed by atoms with E-state index in [9.17, 15) is 10.1 Å². The molecule has 0 radical (unpaired) electrons. The van der Waals surface area contributed by atoms with Gasteiger partial charge in [0.25, 0.3) is 5.69 Å². The number of fused-ring (bicyclic) bond motifs is 4. The number of non-ortho nitro benzene ring substituents is 1. The van der Waals surface area contributed by atoms with Crippen LogP contribution in [0.1, 0.15) is 11.1 Å². The van der Waals surface area contributed by atoms with Gasteiger partial charge in [0.05, 0.1) is 37.2 Å². The molecular formula is C27H25N2O6+. The van der Waals surface area contributed by atoms with E-state index in [0.717, 1.165) is 46.3 Å². The zero-order valence-electron chi connectivity index (χ0n) is 19.7. The first-order valence-corrected chi connectivity index (χ1v) is 11.2. The number of hydrogen-bond acceptors (Lipinski definition) is 6. The van der Waals surface area contributed by atoms with Gasteiger partial charge in [-0.25, -0.2) is 0 Å². The summed E-state index contributed by atoms with van der Waals surface area (Å²) in [6, 6.07) is 16.5. The molecule has 0 saturated carbocycles. The maximum absolute atomic E-state index is 10.9. The van der Waals surface area contributed by atoms with Crippen LogP contribution in [0.5, 0.6) is 23.0 Å². The molecule has 0 amide bonds. The third-order valence-electron chi connectivity index (χ3n) is 6.34. The molecule has 3 aromatic carbocycles. The van der Waals surface area contributed by atoms with Crippen molar-refractivity contribution in [3.63, 3.8) is 0 Å². The average molecular weight is 474 g/mol. The first kappa shape index (κ1) is 22.5. The number of nitrogens with zero attached hydrogens (tertiary/aromatic N) is 2. The molecule has 2 heterocycles. The van der Waals surface area contributed by atoms with Crippen molar-refractivity contribution in [2.75, 3.05) is 21.3 Å². The normalized spacial score (nSPS) is 12.0. The molecule has 0 unspecified atom stereocenters. The summed E-state index contributed by atoms with van der Waals surface area (Å²) < 4.78 is 25.1. The molecule has 0 N–H and O–H groups in total. The summed E-state index contributed by atoms with van der Waals surface area (Å²) in [7, 11) is 4.90. The van der Waals surface area contributed by atoms with Gasteiger partial charge in [0.15, 0.2) is 35.7 Å². The average Bonchev–Trinajstić information content (AvgIpc) is 2.89. The van der Waals surface area contributed by atoms with Gasteiger partial charge in [0.1, 0.15) is 6.61 Å². The second kappa shape index (κ2) is 9.13. The van der Waals surface area contributed by atoms with Gasteiger partial charge in [0, 0.05) is 24.6 Å². The van der Waals surface area contributed by atoms with Gasteiger partial charge in [-0.05, 0) is 52.9 Å². The molecule has 0 spiro atoms. The summed E-state index contributed by atoms with van der Waals surface area (Å²) in [4.78, 5) is 10.5. The van der Waals surface area contributed by atoms with Gasteiger partial charge in [0.2, 0.25) is 5.69 Å². The molecule has 1 aliphatic rings. The van der Waals surface area contributed by atoms with Crippen molar-refractivity contribution >= 4 is 16.5 Å². The van der Waals surface area contributed by atoms with Crippen molar-refractivity contribution in [1.82, 2.24) is 0 Å². The van der Waals surface area contributed by atoms with E-state index in [1.165, 1.54) is 17.7 Å². The maximum atomic E-state index is 10.9. The van der Waals surface area contributed by atoms with Crippen LogP contribution in [0.2, 0.25) is 0 Å². The molecule has 8 nitrogen and oxygen atoms in total. The van der Waals surface area contributed by atoms with Gasteiger partial charge in [-0.3, -0.25) is 10.1 Å². The highest BCUT2D eigenvalue weighted by molar-refractivity contribution is 5.91. The van der Waals surface area contributed by atoms with Crippen LogP contribution in [-0.4, -0.2) is 26.3 Å². The third-order valence-corrected chi connectivity index (χ3v) is 6.34. The number of aromatic nitrogens is 1. The summed E-state index contributed by atoms with van der Waals surface area (Å²) in [6.45, 7) is 1.07. The standard InChI is InChI=1S/C27H25N2O6/c1-32-24-9-6-18-12-23-21-14-26(34-3)25(33-2)13-19(21)10-11-28(23)15-22(18)27(24)35-16-17-4-7-20(8-5-17)29(30)31/h4-9,12-15H,10-11,16H2,1-3H3/q+1. The zero-order valence-corrected chi connectivity index (χ0v) is 19.7. The van der Waals surface area contributed by atoms with E-state index >= 15 is 0 Å². The first-order valence-electron chi connectivity index (χ1n) is 11.2. The fourth-order valence-corrected chi connectivity index (χ4v) is 4.51. The van der Waals surface area contributed by atoms with Crippen LogP contribution < -0.4 is 23.5 Å². The number of methoxy groups -OCH3 is 3. The number of nitro groups is 1. The van der Waals surface area contributed by atoms with Crippen LogP contribution in [0.4, 0.5) is 5.69 Å². The van der Waals surface area contributed by atoms with Crippen LogP contribution >= 0.6 is 0 Å². The predicted octanol–water partition coefficient (Wildman–Crippen LogP) is 4.86. The molecule has 0 bridgehead atoms. The predicted molar refractivity (Wildman–Crippen MR) is 130 cm³/mol. The van der Waals surface area contributed by atoms with E-state index in [1.807, 2.05) is 18.2 Å². The number of aryl methyl sites for hydroxylation is 2. The quantitative estimate of drug-likeness (QED) is 0.216. The Morgan fingerprint density at radius 3 is 2.31 bits per heavy atom. The highest BCUT2D eigenvalue weighted by atomic mass is 16.6. The van der Waals surface area contributed by atoms with Crippen molar-refractivity contribution in [2.45, 2.75) is 19.6 Å². The van der Waals surface area contributed by atoms with Crippen LogP contribution in [0, 0.1) is 10.1 Å². The second-order valence-electron chi connectivity index (χ2n) is 8.28. The monoisotopic (exact) mass is 473 g/mol. The molecule has 1 aliphatic heterocycles. The molecule has 8 heteroatoms. The molecule has 4 aromatic rings. The minimum atomic E-state index is -0.414. The lowest BCUT2D eigenvalue weighted by Gasteiger charge is -2.19. The number of hydrogen-bond donors (Lipinski definition) is 0. The molecule has 0 atom stereocenters. The van der Waals surface area contributed by atoms with Crippen LogP contribution in [-0.2, 0) is 19.6 Å². The SMILES string of the molecule is COc1cc2c(cc1OC)-c1cc3ccc(OC)c(OCc4ccc([N+](=O)[O-])cc4)c3c[n+]1CC2. The molecule has 0 saturated heterocycles. The van der Waals surface area contributed by atoms with Gasteiger partial charge in [-0.1, -0.05) is 0 Å². The Hall–Kier alpha value is -4.33. The molecule has 35 heavy (non-hydrogen) atoms. The fourth-order valence-electron chi connectivity index (χ4n) is 4.51. The van der Waals surface area contributed by atoms with Crippen molar-refractivity contribution in [2.24, 2.45) is 0 Å². The highest BCUT2D eigenvalue weighted by Gasteiger charge is 2.27. The third kappa shape index (κ3) is 4.07. The lowest BCUT2D eigenvalue weighted by molar-refractivity contribution is -0.686. The zero-order chi connectivity index (χ0) is 24.5. The Bertz CT molecular complexity index is 1430. The summed E-state index contributed by atoms with van der Waals surface area (Å²) in [5, 5.41) is 12.9. The van der Waals surface area contributed by atoms with Crippen molar-refractivity contribution in [3.8, 4) is 34.3 Å². The Balaban J connectivity index is 1.55. The minimum absolute atomic E-state index is 0.0500.